The van der Waals surface area contributed by atoms with E-state index in [2.05, 4.69) is 40.3 Å². The summed E-state index contributed by atoms with van der Waals surface area (Å²) in [6.45, 7) is 6.89. The monoisotopic (exact) mass is 503 g/mol. The minimum Gasteiger partial charge on any atom is -0.388 e. The van der Waals surface area contributed by atoms with E-state index in [1.807, 2.05) is 31.2 Å². The summed E-state index contributed by atoms with van der Waals surface area (Å²) < 4.78 is 27.9. The molecule has 0 fully saturated rings. The fourth-order valence-electron chi connectivity index (χ4n) is 2.04. The van der Waals surface area contributed by atoms with Gasteiger partial charge in [0.1, 0.15) is 5.82 Å². The van der Waals surface area contributed by atoms with Gasteiger partial charge in [-0.1, -0.05) is 10.7 Å². The van der Waals surface area contributed by atoms with Crippen LogP contribution in [0.5, 0.6) is 0 Å². The Bertz CT molecular complexity index is 990. The number of benzene rings is 1. The van der Waals surface area contributed by atoms with Crippen molar-refractivity contribution in [2.24, 2.45) is 3.77 Å². The molecule has 1 heterocycles. The normalized spacial score (nSPS) is 14.4. The van der Waals surface area contributed by atoms with E-state index < -0.39 is 26.3 Å². The standard InChI is InChI=1S/C18H26BrN5O3S2/c1-6-29(26,27)24-28(5)14-9-7-13(8-10-14)22-17-20-11-15(19)16(23-17)21-12(2)18(3,4)25/h7-12,25H,6H2,1-5H3,(H2,20,21,22,23)/t12-,28+/m1/s1. The van der Waals surface area contributed by atoms with E-state index in [1.165, 1.54) is 0 Å². The van der Waals surface area contributed by atoms with E-state index >= 15 is 0 Å². The lowest BCUT2D eigenvalue weighted by Crippen LogP contribution is -2.39. The molecule has 0 saturated carbocycles. The molecule has 160 valence electrons. The van der Waals surface area contributed by atoms with E-state index in [0.717, 1.165) is 10.6 Å². The Morgan fingerprint density at radius 2 is 1.93 bits per heavy atom. The van der Waals surface area contributed by atoms with E-state index in [-0.39, 0.29) is 11.8 Å². The van der Waals surface area contributed by atoms with E-state index in [4.69, 9.17) is 0 Å². The minimum atomic E-state index is -3.38. The van der Waals surface area contributed by atoms with Crippen molar-refractivity contribution in [2.45, 2.75) is 44.2 Å². The van der Waals surface area contributed by atoms with Gasteiger partial charge >= 0.3 is 0 Å². The Labute approximate surface area is 182 Å². The maximum atomic E-state index is 11.7. The lowest BCUT2D eigenvalue weighted by atomic mass is 10.0. The molecular formula is C18H26BrN5O3S2. The number of sulfonamides is 1. The van der Waals surface area contributed by atoms with Crippen molar-refractivity contribution < 1.29 is 13.5 Å². The second kappa shape index (κ2) is 9.50. The Morgan fingerprint density at radius 3 is 2.48 bits per heavy atom. The maximum Gasteiger partial charge on any atom is 0.258 e. The molecule has 2 aromatic rings. The fraction of sp³-hybridized carbons (Fsp3) is 0.444. The van der Waals surface area contributed by atoms with Crippen molar-refractivity contribution in [3.05, 3.63) is 34.9 Å². The van der Waals surface area contributed by atoms with Crippen LogP contribution in [0.3, 0.4) is 0 Å². The average molecular weight is 504 g/mol. The Kier molecular flexibility index (Phi) is 7.77. The van der Waals surface area contributed by atoms with Gasteiger partial charge < -0.3 is 15.7 Å². The van der Waals surface area contributed by atoms with Gasteiger partial charge in [0, 0.05) is 16.8 Å². The second-order valence-electron chi connectivity index (χ2n) is 6.98. The van der Waals surface area contributed by atoms with Crippen molar-refractivity contribution in [1.82, 2.24) is 9.97 Å². The van der Waals surface area contributed by atoms with Crippen molar-refractivity contribution in [3.63, 3.8) is 0 Å². The zero-order valence-corrected chi connectivity index (χ0v) is 20.2. The molecule has 0 unspecified atom stereocenters. The smallest absolute Gasteiger partial charge is 0.258 e. The molecule has 0 saturated heterocycles. The summed E-state index contributed by atoms with van der Waals surface area (Å²) >= 11 is 3.41. The molecule has 0 aliphatic carbocycles. The molecule has 0 radical (unpaired) electrons. The summed E-state index contributed by atoms with van der Waals surface area (Å²) in [5, 5.41) is 16.4. The number of aromatic nitrogens is 2. The molecule has 11 heteroatoms. The molecule has 0 bridgehead atoms. The summed E-state index contributed by atoms with van der Waals surface area (Å²) in [5.74, 6) is 0.945. The third-order valence-electron chi connectivity index (χ3n) is 4.20. The quantitative estimate of drug-likeness (QED) is 0.502. The van der Waals surface area contributed by atoms with Crippen molar-refractivity contribution in [1.29, 1.82) is 0 Å². The number of nitrogens with one attached hydrogen (secondary N) is 2. The summed E-state index contributed by atoms with van der Waals surface area (Å²) in [7, 11) is -4.12. The number of aliphatic hydroxyl groups is 1. The van der Waals surface area contributed by atoms with Crippen LogP contribution in [0, 0.1) is 0 Å². The topological polar surface area (TPSA) is 117 Å². The van der Waals surface area contributed by atoms with E-state index in [9.17, 15) is 13.5 Å². The Hall–Kier alpha value is -1.56. The first-order chi connectivity index (χ1) is 13.4. The first-order valence-electron chi connectivity index (χ1n) is 8.91. The van der Waals surface area contributed by atoms with Gasteiger partial charge in [0.15, 0.2) is 0 Å². The molecule has 2 rings (SSSR count). The van der Waals surface area contributed by atoms with Gasteiger partial charge in [0.2, 0.25) is 5.95 Å². The molecule has 0 aliphatic heterocycles. The highest BCUT2D eigenvalue weighted by atomic mass is 79.9. The van der Waals surface area contributed by atoms with Gasteiger partial charge in [0.25, 0.3) is 10.0 Å². The highest BCUT2D eigenvalue weighted by Crippen LogP contribution is 2.25. The molecular weight excluding hydrogens is 478 g/mol. The van der Waals surface area contributed by atoms with Gasteiger partial charge in [-0.15, -0.1) is 3.77 Å². The largest absolute Gasteiger partial charge is 0.388 e. The van der Waals surface area contributed by atoms with Crippen LogP contribution >= 0.6 is 15.9 Å². The van der Waals surface area contributed by atoms with Crippen LogP contribution in [0.15, 0.2) is 43.6 Å². The molecule has 0 aliphatic rings. The van der Waals surface area contributed by atoms with E-state index in [1.54, 1.807) is 33.2 Å². The molecule has 1 aromatic heterocycles. The third-order valence-corrected chi connectivity index (χ3v) is 8.27. The predicted octanol–water partition coefficient (Wildman–Crippen LogP) is 3.69. The van der Waals surface area contributed by atoms with Gasteiger partial charge in [-0.2, -0.15) is 4.98 Å². The molecule has 0 amide bonds. The summed E-state index contributed by atoms with van der Waals surface area (Å²) in [5.41, 5.74) is -0.158. The lowest BCUT2D eigenvalue weighted by molar-refractivity contribution is 0.0647. The SMILES string of the molecule is CCS(=O)(=O)N=[S@@](C)c1ccc(Nc2ncc(Br)c(N[C@H](C)C(C)(C)O)n2)cc1. The lowest BCUT2D eigenvalue weighted by Gasteiger charge is -2.27. The second-order valence-corrected chi connectivity index (χ2v) is 11.6. The minimum absolute atomic E-state index is 0.00661. The highest BCUT2D eigenvalue weighted by Gasteiger charge is 2.23. The molecule has 29 heavy (non-hydrogen) atoms. The van der Waals surface area contributed by atoms with Crippen LogP contribution in [-0.2, 0) is 20.7 Å². The highest BCUT2D eigenvalue weighted by molar-refractivity contribution is 9.10. The first-order valence-corrected chi connectivity index (χ1v) is 12.9. The maximum absolute atomic E-state index is 11.7. The van der Waals surface area contributed by atoms with Crippen LogP contribution < -0.4 is 10.6 Å². The molecule has 0 spiro atoms. The number of rotatable bonds is 8. The number of halogens is 1. The van der Waals surface area contributed by atoms with Crippen LogP contribution in [0.25, 0.3) is 0 Å². The van der Waals surface area contributed by atoms with Crippen molar-refractivity contribution in [2.75, 3.05) is 22.6 Å². The zero-order valence-electron chi connectivity index (χ0n) is 17.0. The summed E-state index contributed by atoms with van der Waals surface area (Å²) in [4.78, 5) is 9.53. The van der Waals surface area contributed by atoms with Gasteiger partial charge in [0.05, 0.1) is 21.9 Å². The zero-order chi connectivity index (χ0) is 21.8. The fourth-order valence-corrected chi connectivity index (χ4v) is 5.00. The van der Waals surface area contributed by atoms with Crippen LogP contribution in [0.2, 0.25) is 0 Å². The molecule has 8 nitrogen and oxygen atoms in total. The first kappa shape index (κ1) is 23.7. The summed E-state index contributed by atoms with van der Waals surface area (Å²) in [6, 6.07) is 7.07. The third kappa shape index (κ3) is 7.02. The predicted molar refractivity (Wildman–Crippen MR) is 122 cm³/mol. The summed E-state index contributed by atoms with van der Waals surface area (Å²) in [6.07, 6.45) is 3.40. The van der Waals surface area contributed by atoms with Gasteiger partial charge in [-0.05, 0) is 74.1 Å². The molecule has 1 aromatic carbocycles. The van der Waals surface area contributed by atoms with Crippen LogP contribution in [0.4, 0.5) is 17.5 Å². The van der Waals surface area contributed by atoms with E-state index in [0.29, 0.717) is 16.2 Å². The number of nitrogens with zero attached hydrogens (tertiary/aromatic N) is 3. The van der Waals surface area contributed by atoms with Crippen molar-refractivity contribution >= 4 is 54.1 Å². The van der Waals surface area contributed by atoms with Crippen LogP contribution in [-0.4, -0.2) is 47.1 Å². The number of hydrogen-bond acceptors (Lipinski definition) is 7. The molecule has 2 atom stereocenters. The Balaban J connectivity index is 2.17. The van der Waals surface area contributed by atoms with Gasteiger partial charge in [-0.25, -0.2) is 13.4 Å². The van der Waals surface area contributed by atoms with Crippen LogP contribution in [0.1, 0.15) is 27.7 Å². The van der Waals surface area contributed by atoms with Gasteiger partial charge in [-0.3, -0.25) is 0 Å². The average Bonchev–Trinajstić information content (AvgIpc) is 2.64. The molecule has 3 N–H and O–H groups in total. The Morgan fingerprint density at radius 1 is 1.31 bits per heavy atom. The number of hydrogen-bond donors (Lipinski definition) is 3. The number of anilines is 3. The van der Waals surface area contributed by atoms with Crippen molar-refractivity contribution in [3.8, 4) is 0 Å².